The molecule has 90 valence electrons. The van der Waals surface area contributed by atoms with Crippen molar-refractivity contribution >= 4 is 5.91 Å². The third kappa shape index (κ3) is 8.39. The van der Waals surface area contributed by atoms with Gasteiger partial charge in [-0.3, -0.25) is 4.79 Å². The van der Waals surface area contributed by atoms with Crippen molar-refractivity contribution in [2.45, 2.75) is 45.6 Å². The van der Waals surface area contributed by atoms with Gasteiger partial charge < -0.3 is 15.8 Å². The maximum atomic E-state index is 11.2. The number of carbonyl (C=O) groups excluding carboxylic acids is 1. The molecule has 0 fully saturated rings. The van der Waals surface area contributed by atoms with E-state index in [2.05, 4.69) is 12.2 Å². The summed E-state index contributed by atoms with van der Waals surface area (Å²) in [6, 6.07) is 0. The number of hydrogen-bond acceptors (Lipinski definition) is 3. The molecule has 4 nitrogen and oxygen atoms in total. The van der Waals surface area contributed by atoms with Crippen molar-refractivity contribution in [1.29, 1.82) is 0 Å². The van der Waals surface area contributed by atoms with Crippen LogP contribution >= 0.6 is 0 Å². The summed E-state index contributed by atoms with van der Waals surface area (Å²) in [6.07, 6.45) is 2.93. The van der Waals surface area contributed by atoms with Gasteiger partial charge in [-0.1, -0.05) is 20.3 Å². The molecular weight excluding hydrogens is 192 g/mol. The van der Waals surface area contributed by atoms with E-state index in [0.717, 1.165) is 25.8 Å². The van der Waals surface area contributed by atoms with Crippen molar-refractivity contribution in [2.24, 2.45) is 5.73 Å². The molecule has 0 aromatic carbocycles. The Kier molecular flexibility index (Phi) is 7.34. The zero-order valence-corrected chi connectivity index (χ0v) is 10.1. The van der Waals surface area contributed by atoms with Crippen molar-refractivity contribution in [3.8, 4) is 0 Å². The molecule has 1 atom stereocenters. The van der Waals surface area contributed by atoms with Gasteiger partial charge in [0.05, 0.1) is 6.61 Å². The van der Waals surface area contributed by atoms with Crippen molar-refractivity contribution < 1.29 is 9.53 Å². The monoisotopic (exact) mass is 216 g/mol. The first-order valence-electron chi connectivity index (χ1n) is 5.65. The Bertz CT molecular complexity index is 181. The molecule has 0 aliphatic heterocycles. The molecule has 0 aromatic heterocycles. The average molecular weight is 216 g/mol. The van der Waals surface area contributed by atoms with E-state index in [0.29, 0.717) is 6.61 Å². The van der Waals surface area contributed by atoms with Gasteiger partial charge >= 0.3 is 0 Å². The first kappa shape index (κ1) is 14.4. The lowest BCUT2D eigenvalue weighted by Crippen LogP contribution is -2.41. The van der Waals surface area contributed by atoms with Crippen LogP contribution < -0.4 is 11.1 Å². The SMILES string of the molecule is CCCCNC(=O)COCC(C)(N)CC. The van der Waals surface area contributed by atoms with Crippen molar-refractivity contribution in [3.63, 3.8) is 0 Å². The average Bonchev–Trinajstić information content (AvgIpc) is 2.18. The Labute approximate surface area is 92.6 Å². The molecule has 0 rings (SSSR count). The Hall–Kier alpha value is -0.610. The van der Waals surface area contributed by atoms with Gasteiger partial charge in [-0.15, -0.1) is 0 Å². The van der Waals surface area contributed by atoms with Crippen LogP contribution in [-0.2, 0) is 9.53 Å². The molecule has 0 spiro atoms. The number of amides is 1. The highest BCUT2D eigenvalue weighted by Crippen LogP contribution is 2.04. The van der Waals surface area contributed by atoms with E-state index in [9.17, 15) is 4.79 Å². The number of nitrogens with two attached hydrogens (primary N) is 1. The lowest BCUT2D eigenvalue weighted by atomic mass is 10.0. The van der Waals surface area contributed by atoms with E-state index < -0.39 is 0 Å². The van der Waals surface area contributed by atoms with Gasteiger partial charge in [-0.2, -0.15) is 0 Å². The molecule has 0 aliphatic carbocycles. The summed E-state index contributed by atoms with van der Waals surface area (Å²) in [5.74, 6) is -0.0599. The number of unbranched alkanes of at least 4 members (excludes halogenated alkanes) is 1. The molecule has 0 bridgehead atoms. The molecule has 4 heteroatoms. The maximum Gasteiger partial charge on any atom is 0.245 e. The van der Waals surface area contributed by atoms with Gasteiger partial charge in [0.15, 0.2) is 0 Å². The quantitative estimate of drug-likeness (QED) is 0.596. The third-order valence-electron chi connectivity index (χ3n) is 2.33. The second-order valence-corrected chi connectivity index (χ2v) is 4.20. The fourth-order valence-corrected chi connectivity index (χ4v) is 0.935. The van der Waals surface area contributed by atoms with Gasteiger partial charge in [0, 0.05) is 12.1 Å². The number of nitrogens with one attached hydrogen (secondary N) is 1. The maximum absolute atomic E-state index is 11.2. The smallest absolute Gasteiger partial charge is 0.245 e. The molecule has 0 aliphatic rings. The third-order valence-corrected chi connectivity index (χ3v) is 2.33. The highest BCUT2D eigenvalue weighted by Gasteiger charge is 2.16. The normalized spacial score (nSPS) is 14.7. The number of ether oxygens (including phenoxy) is 1. The Balaban J connectivity index is 3.46. The van der Waals surface area contributed by atoms with Gasteiger partial charge in [0.1, 0.15) is 6.61 Å². The zero-order valence-electron chi connectivity index (χ0n) is 10.1. The summed E-state index contributed by atoms with van der Waals surface area (Å²) in [4.78, 5) is 11.2. The summed E-state index contributed by atoms with van der Waals surface area (Å²) in [6.45, 7) is 7.27. The van der Waals surface area contributed by atoms with E-state index in [-0.39, 0.29) is 18.1 Å². The van der Waals surface area contributed by atoms with Crippen molar-refractivity contribution in [1.82, 2.24) is 5.32 Å². The van der Waals surface area contributed by atoms with Crippen LogP contribution in [-0.4, -0.2) is 31.2 Å². The van der Waals surface area contributed by atoms with E-state index in [1.54, 1.807) is 0 Å². The summed E-state index contributed by atoms with van der Waals surface area (Å²) in [7, 11) is 0. The number of rotatable bonds is 8. The molecule has 0 saturated heterocycles. The van der Waals surface area contributed by atoms with Gasteiger partial charge in [-0.25, -0.2) is 0 Å². The first-order chi connectivity index (χ1) is 7.02. The predicted octanol–water partition coefficient (Wildman–Crippen LogP) is 1.05. The molecular formula is C11H24N2O2. The number of hydrogen-bond donors (Lipinski definition) is 2. The molecule has 15 heavy (non-hydrogen) atoms. The predicted molar refractivity (Wildman–Crippen MR) is 61.6 cm³/mol. The minimum atomic E-state index is -0.330. The summed E-state index contributed by atoms with van der Waals surface area (Å²) in [5.41, 5.74) is 5.54. The van der Waals surface area contributed by atoms with Crippen LogP contribution in [0, 0.1) is 0 Å². The van der Waals surface area contributed by atoms with Crippen LogP contribution in [0.3, 0.4) is 0 Å². The minimum absolute atomic E-state index is 0.0599. The second-order valence-electron chi connectivity index (χ2n) is 4.20. The van der Waals surface area contributed by atoms with Crippen molar-refractivity contribution in [3.05, 3.63) is 0 Å². The minimum Gasteiger partial charge on any atom is -0.370 e. The van der Waals surface area contributed by atoms with Crippen molar-refractivity contribution in [2.75, 3.05) is 19.8 Å². The fourth-order valence-electron chi connectivity index (χ4n) is 0.935. The van der Waals surface area contributed by atoms with Gasteiger partial charge in [0.2, 0.25) is 5.91 Å². The van der Waals surface area contributed by atoms with E-state index in [4.69, 9.17) is 10.5 Å². The van der Waals surface area contributed by atoms with E-state index in [1.165, 1.54) is 0 Å². The largest absolute Gasteiger partial charge is 0.370 e. The van der Waals surface area contributed by atoms with Crippen LogP contribution in [0.1, 0.15) is 40.0 Å². The first-order valence-corrected chi connectivity index (χ1v) is 5.65. The second kappa shape index (κ2) is 7.65. The summed E-state index contributed by atoms with van der Waals surface area (Å²) >= 11 is 0. The number of carbonyl (C=O) groups is 1. The molecule has 0 radical (unpaired) electrons. The lowest BCUT2D eigenvalue weighted by Gasteiger charge is -2.21. The summed E-state index contributed by atoms with van der Waals surface area (Å²) < 4.78 is 5.24. The van der Waals surface area contributed by atoms with E-state index >= 15 is 0 Å². The standard InChI is InChI=1S/C11H24N2O2/c1-4-6-7-13-10(14)8-15-9-11(3,12)5-2/h4-9,12H2,1-3H3,(H,13,14). The molecule has 0 heterocycles. The fraction of sp³-hybridized carbons (Fsp3) is 0.909. The van der Waals surface area contributed by atoms with E-state index in [1.807, 2.05) is 13.8 Å². The highest BCUT2D eigenvalue weighted by molar-refractivity contribution is 5.77. The Morgan fingerprint density at radius 1 is 1.47 bits per heavy atom. The molecule has 1 amide bonds. The van der Waals surface area contributed by atoms with Crippen LogP contribution in [0.2, 0.25) is 0 Å². The van der Waals surface area contributed by atoms with Crippen LogP contribution in [0.5, 0.6) is 0 Å². The molecule has 1 unspecified atom stereocenters. The van der Waals surface area contributed by atoms with Crippen LogP contribution in [0.15, 0.2) is 0 Å². The topological polar surface area (TPSA) is 64.3 Å². The Morgan fingerprint density at radius 3 is 2.67 bits per heavy atom. The van der Waals surface area contributed by atoms with Gasteiger partial charge in [-0.05, 0) is 19.8 Å². The summed E-state index contributed by atoms with van der Waals surface area (Å²) in [5, 5.41) is 2.78. The Morgan fingerprint density at radius 2 is 2.13 bits per heavy atom. The molecule has 3 N–H and O–H groups in total. The zero-order chi connectivity index (χ0) is 11.7. The lowest BCUT2D eigenvalue weighted by molar-refractivity contribution is -0.126. The van der Waals surface area contributed by atoms with Crippen LogP contribution in [0.4, 0.5) is 0 Å². The molecule has 0 aromatic rings. The highest BCUT2D eigenvalue weighted by atomic mass is 16.5. The van der Waals surface area contributed by atoms with Gasteiger partial charge in [0.25, 0.3) is 0 Å². The molecule has 0 saturated carbocycles. The van der Waals surface area contributed by atoms with Crippen LogP contribution in [0.25, 0.3) is 0 Å².